The zero-order chi connectivity index (χ0) is 23.8. The van der Waals surface area contributed by atoms with Gasteiger partial charge >= 0.3 is 0 Å². The second-order valence-electron chi connectivity index (χ2n) is 7.61. The standard InChI is InChI=1S/C26H24FN3O3S/c1-18(32-23-15-9-8-14-21(23)27)25-29-30-26(33-25)34-17-24(31)28-22(20-12-6-3-7-13-20)16-19-10-4-2-5-11-19/h2-15,18,22H,16-17H2,1H3,(H,28,31)/t18-,22-/m1/s1. The van der Waals surface area contributed by atoms with E-state index in [4.69, 9.17) is 9.15 Å². The van der Waals surface area contributed by atoms with Crippen molar-refractivity contribution in [2.75, 3.05) is 5.75 Å². The molecular weight excluding hydrogens is 453 g/mol. The van der Waals surface area contributed by atoms with E-state index in [1.807, 2.05) is 60.7 Å². The average Bonchev–Trinajstić information content (AvgIpc) is 3.34. The van der Waals surface area contributed by atoms with Crippen LogP contribution in [0.25, 0.3) is 0 Å². The monoisotopic (exact) mass is 477 g/mol. The molecule has 1 aromatic heterocycles. The summed E-state index contributed by atoms with van der Waals surface area (Å²) in [5, 5.41) is 11.3. The van der Waals surface area contributed by atoms with Gasteiger partial charge in [0.05, 0.1) is 11.8 Å². The zero-order valence-electron chi connectivity index (χ0n) is 18.6. The van der Waals surface area contributed by atoms with Crippen molar-refractivity contribution >= 4 is 17.7 Å². The highest BCUT2D eigenvalue weighted by atomic mass is 32.2. The smallest absolute Gasteiger partial charge is 0.277 e. The minimum absolute atomic E-state index is 0.104. The molecule has 6 nitrogen and oxygen atoms in total. The van der Waals surface area contributed by atoms with Crippen LogP contribution >= 0.6 is 11.8 Å². The quantitative estimate of drug-likeness (QED) is 0.302. The van der Waals surface area contributed by atoms with Crippen molar-refractivity contribution in [3.63, 3.8) is 0 Å². The van der Waals surface area contributed by atoms with E-state index in [0.29, 0.717) is 6.42 Å². The summed E-state index contributed by atoms with van der Waals surface area (Å²) in [4.78, 5) is 12.7. The first-order valence-corrected chi connectivity index (χ1v) is 11.8. The highest BCUT2D eigenvalue weighted by Crippen LogP contribution is 2.26. The van der Waals surface area contributed by atoms with Gasteiger partial charge in [-0.1, -0.05) is 84.6 Å². The SMILES string of the molecule is C[C@@H](Oc1ccccc1F)c1nnc(SCC(=O)N[C@H](Cc2ccccc2)c2ccccc2)o1. The fraction of sp³-hybridized carbons (Fsp3) is 0.192. The number of ether oxygens (including phenoxy) is 1. The zero-order valence-corrected chi connectivity index (χ0v) is 19.4. The summed E-state index contributed by atoms with van der Waals surface area (Å²) < 4.78 is 25.0. The average molecular weight is 478 g/mol. The Kier molecular flexibility index (Phi) is 7.93. The maximum Gasteiger partial charge on any atom is 0.277 e. The third-order valence-electron chi connectivity index (χ3n) is 5.06. The van der Waals surface area contributed by atoms with Gasteiger partial charge in [0.2, 0.25) is 5.91 Å². The van der Waals surface area contributed by atoms with Crippen LogP contribution in [0.1, 0.15) is 36.1 Å². The minimum Gasteiger partial charge on any atom is -0.478 e. The van der Waals surface area contributed by atoms with Crippen molar-refractivity contribution in [2.45, 2.75) is 30.7 Å². The normalized spacial score (nSPS) is 12.6. The Balaban J connectivity index is 1.34. The Labute approximate surface area is 201 Å². The lowest BCUT2D eigenvalue weighted by atomic mass is 9.99. The number of para-hydroxylation sites is 1. The molecule has 0 bridgehead atoms. The molecule has 2 atom stereocenters. The van der Waals surface area contributed by atoms with Crippen molar-refractivity contribution in [3.05, 3.63) is 108 Å². The van der Waals surface area contributed by atoms with Gasteiger partial charge in [-0.25, -0.2) is 4.39 Å². The third kappa shape index (κ3) is 6.45. The molecule has 0 aliphatic rings. The van der Waals surface area contributed by atoms with Crippen LogP contribution in [-0.4, -0.2) is 21.9 Å². The Bertz CT molecular complexity index is 1200. The summed E-state index contributed by atoms with van der Waals surface area (Å²) in [6.45, 7) is 1.69. The number of carbonyl (C=O) groups is 1. The molecule has 34 heavy (non-hydrogen) atoms. The van der Waals surface area contributed by atoms with Gasteiger partial charge in [0.15, 0.2) is 17.7 Å². The van der Waals surface area contributed by atoms with E-state index >= 15 is 0 Å². The number of hydrogen-bond donors (Lipinski definition) is 1. The molecular formula is C26H24FN3O3S. The molecule has 0 fully saturated rings. The van der Waals surface area contributed by atoms with Gasteiger partial charge in [-0.3, -0.25) is 4.79 Å². The number of thioether (sulfide) groups is 1. The number of hydrogen-bond acceptors (Lipinski definition) is 6. The molecule has 0 saturated heterocycles. The van der Waals surface area contributed by atoms with Crippen molar-refractivity contribution in [2.24, 2.45) is 0 Å². The number of benzene rings is 3. The summed E-state index contributed by atoms with van der Waals surface area (Å²) >= 11 is 1.14. The van der Waals surface area contributed by atoms with Gasteiger partial charge in [-0.15, -0.1) is 10.2 Å². The molecule has 8 heteroatoms. The van der Waals surface area contributed by atoms with Gasteiger partial charge in [-0.2, -0.15) is 0 Å². The Hall–Kier alpha value is -3.65. The Morgan fingerprint density at radius 3 is 2.41 bits per heavy atom. The van der Waals surface area contributed by atoms with E-state index in [1.54, 1.807) is 19.1 Å². The number of halogens is 1. The van der Waals surface area contributed by atoms with E-state index < -0.39 is 11.9 Å². The third-order valence-corrected chi connectivity index (χ3v) is 5.88. The second-order valence-corrected chi connectivity index (χ2v) is 8.53. The van der Waals surface area contributed by atoms with Gasteiger partial charge in [0.25, 0.3) is 11.1 Å². The largest absolute Gasteiger partial charge is 0.478 e. The summed E-state index contributed by atoms with van der Waals surface area (Å²) in [5.74, 6) is -0.194. The first-order valence-electron chi connectivity index (χ1n) is 10.8. The first kappa shape index (κ1) is 23.5. The predicted molar refractivity (Wildman–Crippen MR) is 128 cm³/mol. The van der Waals surface area contributed by atoms with Crippen LogP contribution in [0.3, 0.4) is 0 Å². The van der Waals surface area contributed by atoms with Crippen molar-refractivity contribution in [1.82, 2.24) is 15.5 Å². The molecule has 174 valence electrons. The molecule has 0 saturated carbocycles. The lowest BCUT2D eigenvalue weighted by Gasteiger charge is -2.19. The molecule has 1 N–H and O–H groups in total. The van der Waals surface area contributed by atoms with Crippen LogP contribution in [0, 0.1) is 5.82 Å². The summed E-state index contributed by atoms with van der Waals surface area (Å²) in [6.07, 6.45) is 0.0394. The second kappa shape index (κ2) is 11.5. The van der Waals surface area contributed by atoms with Crippen LogP contribution in [0.4, 0.5) is 4.39 Å². The van der Waals surface area contributed by atoms with Gasteiger partial charge < -0.3 is 14.5 Å². The van der Waals surface area contributed by atoms with E-state index in [1.165, 1.54) is 12.1 Å². The number of carbonyl (C=O) groups excluding carboxylic acids is 1. The van der Waals surface area contributed by atoms with Crippen molar-refractivity contribution in [3.8, 4) is 5.75 Å². The molecule has 0 radical (unpaired) electrons. The molecule has 0 unspecified atom stereocenters. The van der Waals surface area contributed by atoms with Crippen LogP contribution in [-0.2, 0) is 11.2 Å². The van der Waals surface area contributed by atoms with Gasteiger partial charge in [0.1, 0.15) is 0 Å². The molecule has 4 aromatic rings. The highest BCUT2D eigenvalue weighted by molar-refractivity contribution is 7.99. The number of nitrogens with zero attached hydrogens (tertiary/aromatic N) is 2. The van der Waals surface area contributed by atoms with Gasteiger partial charge in [-0.05, 0) is 36.6 Å². The maximum atomic E-state index is 13.8. The molecule has 3 aromatic carbocycles. The lowest BCUT2D eigenvalue weighted by Crippen LogP contribution is -2.31. The fourth-order valence-electron chi connectivity index (χ4n) is 3.37. The maximum absolute atomic E-state index is 13.8. The summed E-state index contributed by atoms with van der Waals surface area (Å²) in [6, 6.07) is 25.8. The summed E-state index contributed by atoms with van der Waals surface area (Å²) in [5.41, 5.74) is 2.17. The molecule has 0 spiro atoms. The van der Waals surface area contributed by atoms with Crippen molar-refractivity contribution < 1.29 is 18.3 Å². The van der Waals surface area contributed by atoms with E-state index in [-0.39, 0.29) is 34.6 Å². The van der Waals surface area contributed by atoms with Crippen molar-refractivity contribution in [1.29, 1.82) is 0 Å². The summed E-state index contributed by atoms with van der Waals surface area (Å²) in [7, 11) is 0. The predicted octanol–water partition coefficient (Wildman–Crippen LogP) is 5.54. The minimum atomic E-state index is -0.638. The molecule has 1 amide bonds. The molecule has 0 aliphatic heterocycles. The van der Waals surface area contributed by atoms with Crippen LogP contribution in [0.5, 0.6) is 5.75 Å². The van der Waals surface area contributed by atoms with E-state index in [9.17, 15) is 9.18 Å². The fourth-order valence-corrected chi connectivity index (χ4v) is 3.96. The van der Waals surface area contributed by atoms with Crippen LogP contribution in [0.15, 0.2) is 94.6 Å². The van der Waals surface area contributed by atoms with Crippen LogP contribution < -0.4 is 10.1 Å². The number of nitrogens with one attached hydrogen (secondary N) is 1. The molecule has 0 aliphatic carbocycles. The topological polar surface area (TPSA) is 77.2 Å². The highest BCUT2D eigenvalue weighted by Gasteiger charge is 2.19. The Morgan fingerprint density at radius 2 is 1.68 bits per heavy atom. The number of aromatic nitrogens is 2. The number of amides is 1. The number of rotatable bonds is 10. The van der Waals surface area contributed by atoms with Crippen LogP contribution in [0.2, 0.25) is 0 Å². The Morgan fingerprint density at radius 1 is 1.00 bits per heavy atom. The van der Waals surface area contributed by atoms with E-state index in [0.717, 1.165) is 22.9 Å². The molecule has 1 heterocycles. The van der Waals surface area contributed by atoms with Gasteiger partial charge in [0, 0.05) is 0 Å². The van der Waals surface area contributed by atoms with E-state index in [2.05, 4.69) is 15.5 Å². The molecule has 4 rings (SSSR count). The first-order chi connectivity index (χ1) is 16.6. The lowest BCUT2D eigenvalue weighted by molar-refractivity contribution is -0.119.